The number of benzene rings is 2. The van der Waals surface area contributed by atoms with E-state index in [2.05, 4.69) is 70.6 Å². The maximum Gasteiger partial charge on any atom is 0.0295 e. The lowest BCUT2D eigenvalue weighted by molar-refractivity contribution is 0.572. The molecule has 0 amide bonds. The number of halogens is 1. The first-order valence-electron chi connectivity index (χ1n) is 7.82. The fourth-order valence-electron chi connectivity index (χ4n) is 3.01. The first-order valence-corrected chi connectivity index (χ1v) is 8.61. The third kappa shape index (κ3) is 3.75. The van der Waals surface area contributed by atoms with Gasteiger partial charge in [0.1, 0.15) is 0 Å². The molecule has 0 bridgehead atoms. The molecule has 3 rings (SSSR count). The van der Waals surface area contributed by atoms with E-state index in [-0.39, 0.29) is 0 Å². The number of fused-ring (bicyclic) bond motifs is 1. The van der Waals surface area contributed by atoms with E-state index >= 15 is 0 Å². The number of hydrogen-bond donors (Lipinski definition) is 1. The molecule has 0 aliphatic heterocycles. The minimum absolute atomic E-state index is 0.390. The molecular formula is C19H22BrN. The summed E-state index contributed by atoms with van der Waals surface area (Å²) in [7, 11) is 0. The van der Waals surface area contributed by atoms with Crippen molar-refractivity contribution < 1.29 is 0 Å². The first-order chi connectivity index (χ1) is 10.2. The summed E-state index contributed by atoms with van der Waals surface area (Å²) in [6.45, 7) is 3.16. The highest BCUT2D eigenvalue weighted by Crippen LogP contribution is 2.25. The van der Waals surface area contributed by atoms with Crippen LogP contribution in [-0.4, -0.2) is 0 Å². The molecule has 0 heterocycles. The van der Waals surface area contributed by atoms with Crippen molar-refractivity contribution in [2.24, 2.45) is 0 Å². The highest BCUT2D eigenvalue weighted by atomic mass is 79.9. The maximum absolute atomic E-state index is 3.63. The Bertz CT molecular complexity index is 603. The lowest BCUT2D eigenvalue weighted by Gasteiger charge is -2.20. The Morgan fingerprint density at radius 2 is 1.71 bits per heavy atom. The molecule has 0 fully saturated rings. The molecule has 0 saturated heterocycles. The van der Waals surface area contributed by atoms with Gasteiger partial charge in [-0.2, -0.15) is 0 Å². The van der Waals surface area contributed by atoms with Gasteiger partial charge in [0.2, 0.25) is 0 Å². The minimum Gasteiger partial charge on any atom is -0.306 e. The standard InChI is InChI=1S/C19H22BrN/c1-14(21-13-15-6-10-19(20)11-7-15)17-9-8-16-4-2-3-5-18(16)12-17/h6-12,14,21H,2-5,13H2,1H3. The predicted molar refractivity (Wildman–Crippen MR) is 92.5 cm³/mol. The third-order valence-electron chi connectivity index (χ3n) is 4.40. The number of rotatable bonds is 4. The van der Waals surface area contributed by atoms with E-state index in [4.69, 9.17) is 0 Å². The van der Waals surface area contributed by atoms with E-state index in [1.54, 1.807) is 11.1 Å². The Morgan fingerprint density at radius 1 is 1.00 bits per heavy atom. The Hall–Kier alpha value is -1.12. The van der Waals surface area contributed by atoms with Crippen LogP contribution < -0.4 is 5.32 Å². The maximum atomic E-state index is 3.63. The normalized spacial score (nSPS) is 15.5. The zero-order chi connectivity index (χ0) is 14.7. The number of hydrogen-bond acceptors (Lipinski definition) is 1. The van der Waals surface area contributed by atoms with Crippen LogP contribution in [0.2, 0.25) is 0 Å². The second-order valence-electron chi connectivity index (χ2n) is 5.96. The van der Waals surface area contributed by atoms with Crippen LogP contribution in [-0.2, 0) is 19.4 Å². The van der Waals surface area contributed by atoms with Gasteiger partial charge in [-0.1, -0.05) is 46.3 Å². The highest BCUT2D eigenvalue weighted by Gasteiger charge is 2.12. The molecule has 1 nitrogen and oxygen atoms in total. The van der Waals surface area contributed by atoms with E-state index < -0.39 is 0 Å². The largest absolute Gasteiger partial charge is 0.306 e. The Balaban J connectivity index is 1.65. The third-order valence-corrected chi connectivity index (χ3v) is 4.93. The zero-order valence-corrected chi connectivity index (χ0v) is 14.1. The average Bonchev–Trinajstić information content (AvgIpc) is 2.53. The summed E-state index contributed by atoms with van der Waals surface area (Å²) in [5, 5.41) is 3.63. The Morgan fingerprint density at radius 3 is 2.48 bits per heavy atom. The molecule has 1 aliphatic carbocycles. The molecule has 0 saturated carbocycles. The van der Waals surface area contributed by atoms with Gasteiger partial charge in [0.25, 0.3) is 0 Å². The molecule has 0 radical (unpaired) electrons. The second kappa shape index (κ2) is 6.76. The van der Waals surface area contributed by atoms with Crippen molar-refractivity contribution in [2.45, 2.75) is 45.2 Å². The molecule has 1 unspecified atom stereocenters. The van der Waals surface area contributed by atoms with Crippen LogP contribution in [0.5, 0.6) is 0 Å². The first kappa shape index (κ1) is 14.8. The smallest absolute Gasteiger partial charge is 0.0295 e. The lowest BCUT2D eigenvalue weighted by atomic mass is 9.89. The van der Waals surface area contributed by atoms with Crippen molar-refractivity contribution in [3.05, 3.63) is 69.2 Å². The summed E-state index contributed by atoms with van der Waals surface area (Å²) >= 11 is 3.48. The lowest BCUT2D eigenvalue weighted by Crippen LogP contribution is -2.18. The minimum atomic E-state index is 0.390. The van der Waals surface area contributed by atoms with E-state index in [1.165, 1.54) is 36.8 Å². The van der Waals surface area contributed by atoms with Crippen molar-refractivity contribution in [1.82, 2.24) is 5.32 Å². The summed E-state index contributed by atoms with van der Waals surface area (Å²) in [5.74, 6) is 0. The van der Waals surface area contributed by atoms with E-state index in [0.29, 0.717) is 6.04 Å². The quantitative estimate of drug-likeness (QED) is 0.806. The van der Waals surface area contributed by atoms with Crippen molar-refractivity contribution in [2.75, 3.05) is 0 Å². The fraction of sp³-hybridized carbons (Fsp3) is 0.368. The average molecular weight is 344 g/mol. The van der Waals surface area contributed by atoms with Crippen LogP contribution in [0.1, 0.15) is 48.1 Å². The molecule has 2 heteroatoms. The summed E-state index contributed by atoms with van der Waals surface area (Å²) in [6, 6.07) is 16.0. The summed E-state index contributed by atoms with van der Waals surface area (Å²) in [4.78, 5) is 0. The summed E-state index contributed by atoms with van der Waals surface area (Å²) in [5.41, 5.74) is 5.86. The molecule has 1 N–H and O–H groups in total. The van der Waals surface area contributed by atoms with Crippen molar-refractivity contribution in [3.63, 3.8) is 0 Å². The fourth-order valence-corrected chi connectivity index (χ4v) is 3.28. The van der Waals surface area contributed by atoms with Crippen LogP contribution in [0.15, 0.2) is 46.9 Å². The molecule has 21 heavy (non-hydrogen) atoms. The van der Waals surface area contributed by atoms with Gasteiger partial charge in [0.15, 0.2) is 0 Å². The van der Waals surface area contributed by atoms with Crippen LogP contribution >= 0.6 is 15.9 Å². The predicted octanol–water partition coefficient (Wildman–Crippen LogP) is 5.18. The second-order valence-corrected chi connectivity index (χ2v) is 6.88. The van der Waals surface area contributed by atoms with Gasteiger partial charge >= 0.3 is 0 Å². The molecule has 110 valence electrons. The monoisotopic (exact) mass is 343 g/mol. The van der Waals surface area contributed by atoms with Gasteiger partial charge in [-0.05, 0) is 67.0 Å². The van der Waals surface area contributed by atoms with E-state index in [0.717, 1.165) is 11.0 Å². The molecular weight excluding hydrogens is 322 g/mol. The van der Waals surface area contributed by atoms with Gasteiger partial charge in [0, 0.05) is 17.1 Å². The van der Waals surface area contributed by atoms with E-state index in [9.17, 15) is 0 Å². The van der Waals surface area contributed by atoms with Crippen LogP contribution in [0, 0.1) is 0 Å². The molecule has 2 aromatic rings. The molecule has 2 aromatic carbocycles. The zero-order valence-electron chi connectivity index (χ0n) is 12.5. The summed E-state index contributed by atoms with van der Waals surface area (Å²) < 4.78 is 1.13. The molecule has 1 aliphatic rings. The number of nitrogens with one attached hydrogen (secondary N) is 1. The van der Waals surface area contributed by atoms with Gasteiger partial charge in [0.05, 0.1) is 0 Å². The molecule has 1 atom stereocenters. The van der Waals surface area contributed by atoms with E-state index in [1.807, 2.05) is 0 Å². The van der Waals surface area contributed by atoms with Gasteiger partial charge < -0.3 is 5.32 Å². The SMILES string of the molecule is CC(NCc1ccc(Br)cc1)c1ccc2c(c1)CCCC2. The molecule has 0 spiro atoms. The van der Waals surface area contributed by atoms with Crippen LogP contribution in [0.3, 0.4) is 0 Å². The van der Waals surface area contributed by atoms with Gasteiger partial charge in [-0.3, -0.25) is 0 Å². The Kier molecular flexibility index (Phi) is 4.77. The van der Waals surface area contributed by atoms with Gasteiger partial charge in [-0.25, -0.2) is 0 Å². The van der Waals surface area contributed by atoms with Crippen molar-refractivity contribution >= 4 is 15.9 Å². The topological polar surface area (TPSA) is 12.0 Å². The molecule has 0 aromatic heterocycles. The van der Waals surface area contributed by atoms with Crippen LogP contribution in [0.4, 0.5) is 0 Å². The van der Waals surface area contributed by atoms with Crippen LogP contribution in [0.25, 0.3) is 0 Å². The Labute approximate surface area is 135 Å². The highest BCUT2D eigenvalue weighted by molar-refractivity contribution is 9.10. The summed E-state index contributed by atoms with van der Waals surface area (Å²) in [6.07, 6.45) is 5.21. The number of aryl methyl sites for hydroxylation is 2. The van der Waals surface area contributed by atoms with Gasteiger partial charge in [-0.15, -0.1) is 0 Å². The van der Waals surface area contributed by atoms with Crippen molar-refractivity contribution in [3.8, 4) is 0 Å². The van der Waals surface area contributed by atoms with Crippen molar-refractivity contribution in [1.29, 1.82) is 0 Å².